The van der Waals surface area contributed by atoms with E-state index in [0.29, 0.717) is 6.04 Å². The molecular formula is C19H33NO2Si. The van der Waals surface area contributed by atoms with Crippen LogP contribution in [-0.4, -0.2) is 33.7 Å². The third kappa shape index (κ3) is 5.71. The van der Waals surface area contributed by atoms with Gasteiger partial charge in [0.05, 0.1) is 12.7 Å². The van der Waals surface area contributed by atoms with Crippen LogP contribution in [0.5, 0.6) is 0 Å². The first kappa shape index (κ1) is 18.7. The van der Waals surface area contributed by atoms with Crippen LogP contribution in [0.1, 0.15) is 39.2 Å². The highest BCUT2D eigenvalue weighted by Gasteiger charge is 2.38. The van der Waals surface area contributed by atoms with E-state index in [2.05, 4.69) is 69.5 Å². The van der Waals surface area contributed by atoms with Crippen LogP contribution in [0.3, 0.4) is 0 Å². The van der Waals surface area contributed by atoms with Crippen LogP contribution in [0.2, 0.25) is 18.1 Å². The van der Waals surface area contributed by atoms with Gasteiger partial charge < -0.3 is 14.5 Å². The maximum absolute atomic E-state index is 6.33. The lowest BCUT2D eigenvalue weighted by Gasteiger charge is -2.38. The molecule has 1 aromatic rings. The van der Waals surface area contributed by atoms with Crippen LogP contribution in [-0.2, 0) is 15.7 Å². The predicted octanol–water partition coefficient (Wildman–Crippen LogP) is 4.35. The molecule has 2 rings (SSSR count). The first-order chi connectivity index (χ1) is 10.8. The van der Waals surface area contributed by atoms with Gasteiger partial charge in [-0.15, -0.1) is 0 Å². The number of ether oxygens (including phenoxy) is 1. The summed E-state index contributed by atoms with van der Waals surface area (Å²) in [5.74, 6) is 0. The van der Waals surface area contributed by atoms with Crippen molar-refractivity contribution < 1.29 is 9.16 Å². The lowest BCUT2D eigenvalue weighted by atomic mass is 10.0. The molecular weight excluding hydrogens is 302 g/mol. The molecule has 1 N–H and O–H groups in total. The lowest BCUT2D eigenvalue weighted by molar-refractivity contribution is -0.0260. The Morgan fingerprint density at radius 1 is 1.22 bits per heavy atom. The Balaban J connectivity index is 1.77. The van der Waals surface area contributed by atoms with E-state index < -0.39 is 8.32 Å². The molecule has 1 aliphatic heterocycles. The molecule has 0 bridgehead atoms. The van der Waals surface area contributed by atoms with Gasteiger partial charge in [0.1, 0.15) is 0 Å². The molecule has 1 heterocycles. The van der Waals surface area contributed by atoms with Crippen molar-refractivity contribution in [1.82, 2.24) is 5.32 Å². The van der Waals surface area contributed by atoms with Gasteiger partial charge in [0, 0.05) is 19.2 Å². The number of benzene rings is 1. The summed E-state index contributed by atoms with van der Waals surface area (Å²) in [6.45, 7) is 14.0. The second kappa shape index (κ2) is 7.93. The summed E-state index contributed by atoms with van der Waals surface area (Å²) < 4.78 is 12.3. The van der Waals surface area contributed by atoms with Crippen LogP contribution in [0.4, 0.5) is 0 Å². The van der Waals surface area contributed by atoms with Gasteiger partial charge >= 0.3 is 0 Å². The number of nitrogens with one attached hydrogen (secondary N) is 1. The van der Waals surface area contributed by atoms with Gasteiger partial charge in [0.15, 0.2) is 8.32 Å². The number of hydrogen-bond acceptors (Lipinski definition) is 3. The van der Waals surface area contributed by atoms with E-state index in [-0.39, 0.29) is 11.1 Å². The molecule has 1 aliphatic rings. The maximum atomic E-state index is 6.33. The van der Waals surface area contributed by atoms with E-state index in [9.17, 15) is 0 Å². The Morgan fingerprint density at radius 2 is 1.91 bits per heavy atom. The second-order valence-corrected chi connectivity index (χ2v) is 13.0. The molecule has 0 unspecified atom stereocenters. The third-order valence-electron chi connectivity index (χ3n) is 5.24. The van der Waals surface area contributed by atoms with E-state index in [1.807, 2.05) is 0 Å². The fourth-order valence-corrected chi connectivity index (χ4v) is 3.59. The summed E-state index contributed by atoms with van der Waals surface area (Å²) in [6.07, 6.45) is 2.36. The van der Waals surface area contributed by atoms with Crippen molar-refractivity contribution in [1.29, 1.82) is 0 Å². The van der Waals surface area contributed by atoms with Crippen LogP contribution in [0, 0.1) is 0 Å². The Kier molecular flexibility index (Phi) is 6.43. The van der Waals surface area contributed by atoms with E-state index in [4.69, 9.17) is 9.16 Å². The van der Waals surface area contributed by atoms with Crippen molar-refractivity contribution in [2.24, 2.45) is 0 Å². The van der Waals surface area contributed by atoms with Crippen LogP contribution < -0.4 is 5.32 Å². The molecule has 4 heteroatoms. The Bertz CT molecular complexity index is 470. The highest BCUT2D eigenvalue weighted by atomic mass is 28.4. The van der Waals surface area contributed by atoms with Crippen molar-refractivity contribution in [3.63, 3.8) is 0 Å². The van der Waals surface area contributed by atoms with Crippen molar-refractivity contribution in [3.8, 4) is 0 Å². The first-order valence-electron chi connectivity index (χ1n) is 8.81. The Hall–Kier alpha value is -0.683. The van der Waals surface area contributed by atoms with Crippen molar-refractivity contribution >= 4 is 8.32 Å². The summed E-state index contributed by atoms with van der Waals surface area (Å²) in [6, 6.07) is 11.1. The summed E-state index contributed by atoms with van der Waals surface area (Å²) in [7, 11) is -1.68. The van der Waals surface area contributed by atoms with Crippen LogP contribution in [0.25, 0.3) is 0 Å². The molecule has 0 aliphatic carbocycles. The molecule has 1 fully saturated rings. The van der Waals surface area contributed by atoms with Crippen molar-refractivity contribution in [2.45, 2.75) is 70.4 Å². The molecule has 1 saturated heterocycles. The van der Waals surface area contributed by atoms with Gasteiger partial charge in [0.2, 0.25) is 0 Å². The summed E-state index contributed by atoms with van der Waals surface area (Å²) in [4.78, 5) is 0. The van der Waals surface area contributed by atoms with Gasteiger partial charge in [-0.05, 0) is 36.5 Å². The summed E-state index contributed by atoms with van der Waals surface area (Å²) >= 11 is 0. The predicted molar refractivity (Wildman–Crippen MR) is 99.2 cm³/mol. The zero-order chi connectivity index (χ0) is 16.9. The standard InChI is InChI=1S/C19H33NO2Si/c1-19(2,3)23(4,5)22-15-18-13-17(11-12-21-18)20-14-16-9-7-6-8-10-16/h6-10,17-18,20H,11-15H2,1-5H3/t17-,18-/m0/s1. The topological polar surface area (TPSA) is 30.5 Å². The maximum Gasteiger partial charge on any atom is 0.192 e. The average Bonchev–Trinajstić information content (AvgIpc) is 2.51. The molecule has 1 aromatic carbocycles. The highest BCUT2D eigenvalue weighted by Crippen LogP contribution is 2.36. The van der Waals surface area contributed by atoms with Gasteiger partial charge in [-0.2, -0.15) is 0 Å². The smallest absolute Gasteiger partial charge is 0.192 e. The Morgan fingerprint density at radius 3 is 2.57 bits per heavy atom. The van der Waals surface area contributed by atoms with Gasteiger partial charge in [-0.3, -0.25) is 0 Å². The van der Waals surface area contributed by atoms with Gasteiger partial charge in [-0.25, -0.2) is 0 Å². The quantitative estimate of drug-likeness (QED) is 0.784. The summed E-state index contributed by atoms with van der Waals surface area (Å²) in [5.41, 5.74) is 1.34. The SMILES string of the molecule is CC(C)(C)[Si](C)(C)OC[C@@H]1C[C@@H](NCc2ccccc2)CCO1. The second-order valence-electron chi connectivity index (χ2n) is 8.15. The summed E-state index contributed by atoms with van der Waals surface area (Å²) in [5, 5.41) is 3.93. The monoisotopic (exact) mass is 335 g/mol. The largest absolute Gasteiger partial charge is 0.414 e. The van der Waals surface area contributed by atoms with Gasteiger partial charge in [0.25, 0.3) is 0 Å². The van der Waals surface area contributed by atoms with Crippen LogP contribution >= 0.6 is 0 Å². The van der Waals surface area contributed by atoms with Gasteiger partial charge in [-0.1, -0.05) is 51.1 Å². The average molecular weight is 336 g/mol. The number of rotatable bonds is 6. The van der Waals surface area contributed by atoms with E-state index in [0.717, 1.165) is 32.6 Å². The lowest BCUT2D eigenvalue weighted by Crippen LogP contribution is -2.45. The zero-order valence-electron chi connectivity index (χ0n) is 15.4. The minimum absolute atomic E-state index is 0.228. The molecule has 130 valence electrons. The Labute approximate surface area is 142 Å². The molecule has 0 spiro atoms. The van der Waals surface area contributed by atoms with Crippen molar-refractivity contribution in [3.05, 3.63) is 35.9 Å². The first-order valence-corrected chi connectivity index (χ1v) is 11.7. The molecule has 2 atom stereocenters. The van der Waals surface area contributed by atoms with Crippen LogP contribution in [0.15, 0.2) is 30.3 Å². The molecule has 0 radical (unpaired) electrons. The minimum atomic E-state index is -1.68. The normalized spacial score (nSPS) is 23.0. The zero-order valence-corrected chi connectivity index (χ0v) is 16.4. The molecule has 23 heavy (non-hydrogen) atoms. The fraction of sp³-hybridized carbons (Fsp3) is 0.684. The van der Waals surface area contributed by atoms with E-state index in [1.165, 1.54) is 5.56 Å². The van der Waals surface area contributed by atoms with E-state index in [1.54, 1.807) is 0 Å². The number of hydrogen-bond donors (Lipinski definition) is 1. The fourth-order valence-electron chi connectivity index (χ4n) is 2.56. The highest BCUT2D eigenvalue weighted by molar-refractivity contribution is 6.74. The third-order valence-corrected chi connectivity index (χ3v) is 9.74. The molecule has 3 nitrogen and oxygen atoms in total. The molecule has 0 amide bonds. The van der Waals surface area contributed by atoms with E-state index >= 15 is 0 Å². The van der Waals surface area contributed by atoms with Crippen molar-refractivity contribution in [2.75, 3.05) is 13.2 Å². The molecule has 0 aromatic heterocycles. The minimum Gasteiger partial charge on any atom is -0.414 e. The molecule has 0 saturated carbocycles.